The number of unbranched alkanes of at least 4 members (excludes halogenated alkanes) is 2. The van der Waals surface area contributed by atoms with Crippen LogP contribution in [0.4, 0.5) is 0 Å². The van der Waals surface area contributed by atoms with Crippen molar-refractivity contribution in [3.05, 3.63) is 12.7 Å². The molecule has 6 atom stereocenters. The first kappa shape index (κ1) is 26.4. The second kappa shape index (κ2) is 11.2. The third-order valence-electron chi connectivity index (χ3n) is 8.27. The molecule has 4 aliphatic rings. The van der Waals surface area contributed by atoms with Crippen molar-refractivity contribution in [2.24, 2.45) is 17.8 Å². The van der Waals surface area contributed by atoms with Crippen molar-refractivity contribution >= 4 is 29.5 Å². The van der Waals surface area contributed by atoms with Crippen molar-refractivity contribution in [1.29, 1.82) is 0 Å². The number of aliphatic carboxylic acids is 1. The van der Waals surface area contributed by atoms with Gasteiger partial charge in [-0.2, -0.15) is 0 Å². The highest BCUT2D eigenvalue weighted by Gasteiger charge is 2.76. The molecule has 4 saturated heterocycles. The predicted molar refractivity (Wildman–Crippen MR) is 133 cm³/mol. The molecule has 0 aromatic heterocycles. The fourth-order valence-electron chi connectivity index (χ4n) is 6.60. The molecule has 3 unspecified atom stereocenters. The minimum absolute atomic E-state index is 0.0725. The van der Waals surface area contributed by atoms with Gasteiger partial charge in [0, 0.05) is 51.1 Å². The van der Waals surface area contributed by atoms with Gasteiger partial charge in [-0.15, -0.1) is 18.3 Å². The molecule has 4 fully saturated rings. The zero-order valence-electron chi connectivity index (χ0n) is 20.6. The lowest BCUT2D eigenvalue weighted by Gasteiger charge is -2.40. The van der Waals surface area contributed by atoms with E-state index in [2.05, 4.69) is 18.4 Å². The predicted octanol–water partition coefficient (Wildman–Crippen LogP) is 0.918. The maximum Gasteiger partial charge on any atom is 0.308 e. The SMILES string of the molecule is C=CCN(CCN1CCOCC1)C(=O)C1N(CCCCCO)C(=O)[C@@H]2[C@H](C(=O)O)[C@@H]3CC(C)C12S3. The molecule has 0 aliphatic carbocycles. The first-order valence-corrected chi connectivity index (χ1v) is 13.8. The molecular weight excluding hydrogens is 470 g/mol. The summed E-state index contributed by atoms with van der Waals surface area (Å²) in [5.41, 5.74) is 0. The summed E-state index contributed by atoms with van der Waals surface area (Å²) >= 11 is 1.58. The van der Waals surface area contributed by atoms with Crippen molar-refractivity contribution in [1.82, 2.24) is 14.7 Å². The first-order chi connectivity index (χ1) is 16.9. The van der Waals surface area contributed by atoms with Crippen LogP contribution in [0.1, 0.15) is 32.6 Å². The fourth-order valence-corrected chi connectivity index (χ4v) is 9.01. The Labute approximate surface area is 211 Å². The Bertz CT molecular complexity index is 821. The lowest BCUT2D eigenvalue weighted by atomic mass is 9.66. The topological polar surface area (TPSA) is 111 Å². The summed E-state index contributed by atoms with van der Waals surface area (Å²) < 4.78 is 4.72. The molecule has 10 heteroatoms. The number of carbonyl (C=O) groups excluding carboxylic acids is 2. The molecular formula is C25H39N3O6S. The van der Waals surface area contributed by atoms with Gasteiger partial charge in [-0.25, -0.2) is 0 Å². The Balaban J connectivity index is 1.62. The van der Waals surface area contributed by atoms with Gasteiger partial charge in [0.2, 0.25) is 11.8 Å². The van der Waals surface area contributed by atoms with Gasteiger partial charge in [-0.3, -0.25) is 19.3 Å². The quantitative estimate of drug-likeness (QED) is 0.295. The normalized spacial score (nSPS) is 34.3. The largest absolute Gasteiger partial charge is 0.481 e. The minimum atomic E-state index is -0.932. The van der Waals surface area contributed by atoms with Crippen LogP contribution in [0.15, 0.2) is 12.7 Å². The lowest BCUT2D eigenvalue weighted by Crippen LogP contribution is -2.58. The van der Waals surface area contributed by atoms with Crippen LogP contribution in [-0.2, 0) is 19.1 Å². The van der Waals surface area contributed by atoms with E-state index >= 15 is 0 Å². The number of aliphatic hydroxyl groups excluding tert-OH is 1. The van der Waals surface area contributed by atoms with Crippen LogP contribution in [0.25, 0.3) is 0 Å². The maximum atomic E-state index is 14.2. The molecule has 0 saturated carbocycles. The molecule has 196 valence electrons. The molecule has 1 spiro atoms. The van der Waals surface area contributed by atoms with E-state index in [4.69, 9.17) is 9.84 Å². The molecule has 35 heavy (non-hydrogen) atoms. The number of likely N-dealkylation sites (tertiary alicyclic amines) is 1. The van der Waals surface area contributed by atoms with Gasteiger partial charge in [0.1, 0.15) is 6.04 Å². The third kappa shape index (κ3) is 4.74. The molecule has 2 amide bonds. The standard InChI is InChI=1S/C25H39N3O6S/c1-3-7-27(10-9-26-11-14-34-15-12-26)23(31)21-25-17(2)16-18(35-25)19(24(32)33)20(25)22(30)28(21)8-5-4-6-13-29/h3,17-21,29H,1,4-16H2,2H3,(H,32,33)/t17?,18-,19+,20-,21?,25?/m0/s1. The van der Waals surface area contributed by atoms with E-state index in [0.29, 0.717) is 52.1 Å². The molecule has 9 nitrogen and oxygen atoms in total. The first-order valence-electron chi connectivity index (χ1n) is 12.9. The number of rotatable bonds is 12. The Morgan fingerprint density at radius 2 is 2.00 bits per heavy atom. The van der Waals surface area contributed by atoms with Gasteiger partial charge in [0.25, 0.3) is 0 Å². The van der Waals surface area contributed by atoms with Crippen LogP contribution in [0.3, 0.4) is 0 Å². The van der Waals surface area contributed by atoms with Crippen LogP contribution < -0.4 is 0 Å². The summed E-state index contributed by atoms with van der Waals surface area (Å²) in [4.78, 5) is 46.0. The molecule has 4 aliphatic heterocycles. The number of hydrogen-bond donors (Lipinski definition) is 2. The van der Waals surface area contributed by atoms with Gasteiger partial charge in [-0.1, -0.05) is 13.0 Å². The molecule has 0 radical (unpaired) electrons. The molecule has 2 N–H and O–H groups in total. The van der Waals surface area contributed by atoms with Crippen LogP contribution in [0, 0.1) is 17.8 Å². The van der Waals surface area contributed by atoms with Gasteiger partial charge in [0.15, 0.2) is 0 Å². The summed E-state index contributed by atoms with van der Waals surface area (Å²) in [6.45, 7) is 11.1. The van der Waals surface area contributed by atoms with Crippen molar-refractivity contribution in [3.8, 4) is 0 Å². The summed E-state index contributed by atoms with van der Waals surface area (Å²) in [5, 5.41) is 19.1. The van der Waals surface area contributed by atoms with E-state index in [1.54, 1.807) is 27.6 Å². The number of hydrogen-bond acceptors (Lipinski definition) is 7. The van der Waals surface area contributed by atoms with Crippen LogP contribution in [0.2, 0.25) is 0 Å². The minimum Gasteiger partial charge on any atom is -0.481 e. The number of morpholine rings is 1. The second-order valence-electron chi connectivity index (χ2n) is 10.2. The summed E-state index contributed by atoms with van der Waals surface area (Å²) in [6.07, 6.45) is 4.50. The zero-order chi connectivity index (χ0) is 25.2. The number of fused-ring (bicyclic) bond motifs is 1. The monoisotopic (exact) mass is 509 g/mol. The third-order valence-corrected chi connectivity index (χ3v) is 10.3. The van der Waals surface area contributed by atoms with Gasteiger partial charge in [-0.05, 0) is 31.6 Å². The Morgan fingerprint density at radius 3 is 2.66 bits per heavy atom. The van der Waals surface area contributed by atoms with Crippen LogP contribution in [0.5, 0.6) is 0 Å². The Morgan fingerprint density at radius 1 is 1.26 bits per heavy atom. The van der Waals surface area contributed by atoms with Gasteiger partial charge in [0.05, 0.1) is 29.8 Å². The second-order valence-corrected chi connectivity index (χ2v) is 11.8. The lowest BCUT2D eigenvalue weighted by molar-refractivity contribution is -0.149. The average molecular weight is 510 g/mol. The molecule has 0 aromatic rings. The highest BCUT2D eigenvalue weighted by molar-refractivity contribution is 8.02. The molecule has 4 rings (SSSR count). The molecule has 0 aromatic carbocycles. The number of nitrogens with zero attached hydrogens (tertiary/aromatic N) is 3. The van der Waals surface area contributed by atoms with Crippen molar-refractivity contribution < 1.29 is 29.3 Å². The van der Waals surface area contributed by atoms with Gasteiger partial charge < -0.3 is 24.7 Å². The van der Waals surface area contributed by atoms with Crippen LogP contribution >= 0.6 is 11.8 Å². The van der Waals surface area contributed by atoms with Crippen molar-refractivity contribution in [3.63, 3.8) is 0 Å². The number of amides is 2. The van der Waals surface area contributed by atoms with Crippen molar-refractivity contribution in [2.45, 2.75) is 48.6 Å². The highest BCUT2D eigenvalue weighted by atomic mass is 32.2. The van der Waals surface area contributed by atoms with E-state index in [-0.39, 0.29) is 29.6 Å². The average Bonchev–Trinajstić information content (AvgIpc) is 3.43. The number of aliphatic hydroxyl groups is 1. The summed E-state index contributed by atoms with van der Waals surface area (Å²) in [5.74, 6) is -2.56. The smallest absolute Gasteiger partial charge is 0.308 e. The number of carbonyl (C=O) groups is 3. The summed E-state index contributed by atoms with van der Waals surface area (Å²) in [7, 11) is 0. The van der Waals surface area contributed by atoms with E-state index in [0.717, 1.165) is 26.1 Å². The van der Waals surface area contributed by atoms with E-state index in [1.807, 2.05) is 0 Å². The van der Waals surface area contributed by atoms with Gasteiger partial charge >= 0.3 is 5.97 Å². The maximum absolute atomic E-state index is 14.2. The summed E-state index contributed by atoms with van der Waals surface area (Å²) in [6, 6.07) is -0.673. The fraction of sp³-hybridized carbons (Fsp3) is 0.800. The highest BCUT2D eigenvalue weighted by Crippen LogP contribution is 2.68. The Hall–Kier alpha value is -1.62. The Kier molecular flexibility index (Phi) is 8.45. The number of carboxylic acids is 1. The molecule has 2 bridgehead atoms. The molecule has 4 heterocycles. The van der Waals surface area contributed by atoms with E-state index in [9.17, 15) is 19.5 Å². The van der Waals surface area contributed by atoms with Crippen molar-refractivity contribution in [2.75, 3.05) is 59.1 Å². The van der Waals surface area contributed by atoms with E-state index in [1.165, 1.54) is 0 Å². The van der Waals surface area contributed by atoms with E-state index < -0.39 is 28.6 Å². The number of ether oxygens (including phenoxy) is 1. The number of thioether (sulfide) groups is 1. The van der Waals surface area contributed by atoms with Crippen LogP contribution in [-0.4, -0.2) is 118 Å². The number of carboxylic acid groups (broad SMARTS) is 1. The zero-order valence-corrected chi connectivity index (χ0v) is 21.5.